The molecule has 0 fully saturated rings. The molecule has 4 heteroatoms. The molecule has 0 unspecified atom stereocenters. The van der Waals surface area contributed by atoms with Crippen LogP contribution in [0.15, 0.2) is 11.8 Å². The summed E-state index contributed by atoms with van der Waals surface area (Å²) in [5.74, 6) is -0.449. The van der Waals surface area contributed by atoms with Crippen molar-refractivity contribution in [3.05, 3.63) is 11.8 Å². The maximum Gasteiger partial charge on any atom is 0.336 e. The fourth-order valence-corrected chi connectivity index (χ4v) is 0.712. The van der Waals surface area contributed by atoms with E-state index in [9.17, 15) is 4.79 Å². The van der Waals surface area contributed by atoms with Crippen LogP contribution in [-0.4, -0.2) is 30.9 Å². The summed E-state index contributed by atoms with van der Waals surface area (Å²) in [6, 6.07) is 0. The molecule has 0 aliphatic heterocycles. The van der Waals surface area contributed by atoms with Gasteiger partial charge in [0.2, 0.25) is 0 Å². The minimum atomic E-state index is -0.449. The molecule has 4 nitrogen and oxygen atoms in total. The second-order valence-corrected chi connectivity index (χ2v) is 2.88. The lowest BCUT2D eigenvalue weighted by molar-refractivity contribution is -0.140. The van der Waals surface area contributed by atoms with Crippen molar-refractivity contribution >= 4 is 5.97 Å². The van der Waals surface area contributed by atoms with Gasteiger partial charge in [-0.25, -0.2) is 4.79 Å². The number of hydrogen-bond acceptors (Lipinski definition) is 4. The maximum absolute atomic E-state index is 11.1. The lowest BCUT2D eigenvalue weighted by Crippen LogP contribution is -2.09. The monoisotopic (exact) mass is 202 g/mol. The SMILES string of the molecule is CCCCOC=C(C)C(=O)OCCO. The van der Waals surface area contributed by atoms with Crippen LogP contribution in [0.4, 0.5) is 0 Å². The Morgan fingerprint density at radius 2 is 2.14 bits per heavy atom. The summed E-state index contributed by atoms with van der Waals surface area (Å²) in [7, 11) is 0. The van der Waals surface area contributed by atoms with Crippen LogP contribution in [0.2, 0.25) is 0 Å². The highest BCUT2D eigenvalue weighted by atomic mass is 16.5. The van der Waals surface area contributed by atoms with E-state index in [2.05, 4.69) is 11.7 Å². The number of rotatable bonds is 7. The molecule has 0 saturated heterocycles. The largest absolute Gasteiger partial charge is 0.501 e. The Morgan fingerprint density at radius 1 is 1.43 bits per heavy atom. The highest BCUT2D eigenvalue weighted by Crippen LogP contribution is 1.98. The van der Waals surface area contributed by atoms with E-state index >= 15 is 0 Å². The number of carbonyl (C=O) groups excluding carboxylic acids is 1. The number of ether oxygens (including phenoxy) is 2. The summed E-state index contributed by atoms with van der Waals surface area (Å²) in [4.78, 5) is 11.1. The molecule has 0 aliphatic rings. The van der Waals surface area contributed by atoms with Crippen LogP contribution in [-0.2, 0) is 14.3 Å². The van der Waals surface area contributed by atoms with Crippen LogP contribution in [0.1, 0.15) is 26.7 Å². The van der Waals surface area contributed by atoms with Crippen molar-refractivity contribution in [2.75, 3.05) is 19.8 Å². The number of aliphatic hydroxyl groups is 1. The third-order valence-electron chi connectivity index (χ3n) is 1.52. The molecule has 14 heavy (non-hydrogen) atoms. The third kappa shape index (κ3) is 6.48. The van der Waals surface area contributed by atoms with E-state index in [1.165, 1.54) is 6.26 Å². The van der Waals surface area contributed by atoms with E-state index in [4.69, 9.17) is 9.84 Å². The Bertz CT molecular complexity index is 187. The van der Waals surface area contributed by atoms with Crippen LogP contribution >= 0.6 is 0 Å². The minimum absolute atomic E-state index is 0.0268. The predicted octanol–water partition coefficient (Wildman–Crippen LogP) is 1.24. The summed E-state index contributed by atoms with van der Waals surface area (Å²) < 4.78 is 9.78. The topological polar surface area (TPSA) is 55.8 Å². The minimum Gasteiger partial charge on any atom is -0.501 e. The molecule has 0 heterocycles. The molecule has 0 aromatic carbocycles. The van der Waals surface area contributed by atoms with Gasteiger partial charge in [0.25, 0.3) is 0 Å². The van der Waals surface area contributed by atoms with Gasteiger partial charge in [-0.15, -0.1) is 0 Å². The number of aliphatic hydroxyl groups excluding tert-OH is 1. The Labute approximate surface area is 84.5 Å². The fraction of sp³-hybridized carbons (Fsp3) is 0.700. The summed E-state index contributed by atoms with van der Waals surface area (Å²) in [6.07, 6.45) is 3.42. The van der Waals surface area contributed by atoms with E-state index in [1.54, 1.807) is 6.92 Å². The average Bonchev–Trinajstić information content (AvgIpc) is 2.20. The van der Waals surface area contributed by atoms with Crippen molar-refractivity contribution in [1.82, 2.24) is 0 Å². The molecular formula is C10H18O4. The normalized spacial score (nSPS) is 11.2. The lowest BCUT2D eigenvalue weighted by atomic mass is 10.3. The zero-order valence-electron chi connectivity index (χ0n) is 8.78. The van der Waals surface area contributed by atoms with Gasteiger partial charge in [0.05, 0.1) is 25.0 Å². The smallest absolute Gasteiger partial charge is 0.336 e. The highest BCUT2D eigenvalue weighted by Gasteiger charge is 2.04. The van der Waals surface area contributed by atoms with Crippen molar-refractivity contribution in [3.63, 3.8) is 0 Å². The van der Waals surface area contributed by atoms with Crippen molar-refractivity contribution in [2.24, 2.45) is 0 Å². The maximum atomic E-state index is 11.1. The average molecular weight is 202 g/mol. The van der Waals surface area contributed by atoms with Crippen molar-refractivity contribution in [2.45, 2.75) is 26.7 Å². The highest BCUT2D eigenvalue weighted by molar-refractivity contribution is 5.87. The summed E-state index contributed by atoms with van der Waals surface area (Å²) in [6.45, 7) is 4.16. The molecule has 0 spiro atoms. The third-order valence-corrected chi connectivity index (χ3v) is 1.52. The molecule has 0 saturated carbocycles. The Morgan fingerprint density at radius 3 is 2.71 bits per heavy atom. The molecule has 0 aliphatic carbocycles. The van der Waals surface area contributed by atoms with Crippen LogP contribution in [0, 0.1) is 0 Å². The number of carbonyl (C=O) groups is 1. The van der Waals surface area contributed by atoms with Gasteiger partial charge in [0, 0.05) is 0 Å². The quantitative estimate of drug-likeness (QED) is 0.292. The Kier molecular flexibility index (Phi) is 7.93. The first-order valence-corrected chi connectivity index (χ1v) is 4.78. The van der Waals surface area contributed by atoms with Gasteiger partial charge in [-0.05, 0) is 13.3 Å². The predicted molar refractivity (Wildman–Crippen MR) is 52.7 cm³/mol. The summed E-state index contributed by atoms with van der Waals surface area (Å²) in [5.41, 5.74) is 0.412. The second kappa shape index (κ2) is 8.56. The zero-order chi connectivity index (χ0) is 10.8. The van der Waals surface area contributed by atoms with Crippen LogP contribution in [0.5, 0.6) is 0 Å². The summed E-state index contributed by atoms with van der Waals surface area (Å²) in [5, 5.41) is 8.42. The molecular weight excluding hydrogens is 184 g/mol. The molecule has 0 aromatic heterocycles. The number of unbranched alkanes of at least 4 members (excludes halogenated alkanes) is 1. The number of esters is 1. The Hall–Kier alpha value is -1.03. The fourth-order valence-electron chi connectivity index (χ4n) is 0.712. The first kappa shape index (κ1) is 13.0. The van der Waals surface area contributed by atoms with Gasteiger partial charge in [-0.2, -0.15) is 0 Å². The number of hydrogen-bond donors (Lipinski definition) is 1. The molecule has 0 amide bonds. The molecule has 82 valence electrons. The first-order chi connectivity index (χ1) is 6.72. The second-order valence-electron chi connectivity index (χ2n) is 2.88. The van der Waals surface area contributed by atoms with Crippen LogP contribution < -0.4 is 0 Å². The Balaban J connectivity index is 3.68. The molecule has 0 bridgehead atoms. The molecule has 0 atom stereocenters. The van der Waals surface area contributed by atoms with Crippen LogP contribution in [0.25, 0.3) is 0 Å². The van der Waals surface area contributed by atoms with Gasteiger partial charge in [-0.1, -0.05) is 13.3 Å². The molecule has 0 aromatic rings. The van der Waals surface area contributed by atoms with Gasteiger partial charge < -0.3 is 14.6 Å². The molecule has 0 radical (unpaired) electrons. The van der Waals surface area contributed by atoms with Crippen molar-refractivity contribution in [3.8, 4) is 0 Å². The first-order valence-electron chi connectivity index (χ1n) is 4.78. The standard InChI is InChI=1S/C10H18O4/c1-3-4-6-13-8-9(2)10(12)14-7-5-11/h8,11H,3-7H2,1-2H3. The van der Waals surface area contributed by atoms with E-state index in [0.717, 1.165) is 12.8 Å². The summed E-state index contributed by atoms with van der Waals surface area (Å²) >= 11 is 0. The van der Waals surface area contributed by atoms with Crippen molar-refractivity contribution in [1.29, 1.82) is 0 Å². The zero-order valence-corrected chi connectivity index (χ0v) is 8.78. The lowest BCUT2D eigenvalue weighted by Gasteiger charge is -2.03. The van der Waals surface area contributed by atoms with Gasteiger partial charge >= 0.3 is 5.97 Å². The van der Waals surface area contributed by atoms with E-state index in [-0.39, 0.29) is 13.2 Å². The van der Waals surface area contributed by atoms with E-state index < -0.39 is 5.97 Å². The van der Waals surface area contributed by atoms with Gasteiger partial charge in [0.15, 0.2) is 0 Å². The molecule has 1 N–H and O–H groups in total. The van der Waals surface area contributed by atoms with Gasteiger partial charge in [-0.3, -0.25) is 0 Å². The van der Waals surface area contributed by atoms with Crippen molar-refractivity contribution < 1.29 is 19.4 Å². The van der Waals surface area contributed by atoms with E-state index in [1.807, 2.05) is 0 Å². The van der Waals surface area contributed by atoms with Crippen LogP contribution in [0.3, 0.4) is 0 Å². The van der Waals surface area contributed by atoms with Gasteiger partial charge in [0.1, 0.15) is 6.61 Å². The molecule has 0 rings (SSSR count). The van der Waals surface area contributed by atoms with E-state index in [0.29, 0.717) is 12.2 Å².